The van der Waals surface area contributed by atoms with E-state index in [1.807, 2.05) is 49.0 Å². The molecule has 2 atom stereocenters. The summed E-state index contributed by atoms with van der Waals surface area (Å²) in [5, 5.41) is 16.0. The first kappa shape index (κ1) is 22.1. The number of halogens is 1. The van der Waals surface area contributed by atoms with Crippen molar-refractivity contribution in [2.75, 3.05) is 27.2 Å². The molecule has 0 unspecified atom stereocenters. The van der Waals surface area contributed by atoms with E-state index in [4.69, 9.17) is 16.9 Å². The Morgan fingerprint density at radius 1 is 1.27 bits per heavy atom. The van der Waals surface area contributed by atoms with Crippen molar-refractivity contribution in [2.45, 2.75) is 38.3 Å². The highest BCUT2D eigenvalue weighted by Crippen LogP contribution is 2.27. The van der Waals surface area contributed by atoms with Crippen molar-refractivity contribution in [3.8, 4) is 6.07 Å². The molecule has 8 heteroatoms. The maximum Gasteiger partial charge on any atom is 0.268 e. The molecule has 30 heavy (non-hydrogen) atoms. The molecule has 0 bridgehead atoms. The lowest BCUT2D eigenvalue weighted by molar-refractivity contribution is -0.126. The zero-order valence-electron chi connectivity index (χ0n) is 17.4. The molecule has 2 N–H and O–H groups in total. The van der Waals surface area contributed by atoms with E-state index in [1.54, 1.807) is 0 Å². The molecule has 0 saturated heterocycles. The number of likely N-dealkylation sites (N-methyl/N-ethyl adjacent to an activating group) is 1. The van der Waals surface area contributed by atoms with Crippen molar-refractivity contribution in [1.82, 2.24) is 20.1 Å². The molecule has 0 aliphatic heterocycles. The molecule has 1 aromatic heterocycles. The van der Waals surface area contributed by atoms with Crippen molar-refractivity contribution < 1.29 is 9.59 Å². The van der Waals surface area contributed by atoms with E-state index in [2.05, 4.69) is 15.5 Å². The highest BCUT2D eigenvalue weighted by atomic mass is 35.5. The number of hydrogen-bond acceptors (Lipinski definition) is 4. The maximum atomic E-state index is 13.3. The Morgan fingerprint density at radius 3 is 2.77 bits per heavy atom. The number of benzene rings is 1. The second-order valence-electron chi connectivity index (χ2n) is 8.03. The molecule has 0 spiro atoms. The minimum atomic E-state index is -0.315. The summed E-state index contributed by atoms with van der Waals surface area (Å²) >= 11 is 6.20. The fourth-order valence-corrected chi connectivity index (χ4v) is 4.24. The van der Waals surface area contributed by atoms with E-state index >= 15 is 0 Å². The largest absolute Gasteiger partial charge is 0.347 e. The maximum absolute atomic E-state index is 13.3. The number of hydrogen-bond donors (Lipinski definition) is 2. The lowest BCUT2D eigenvalue weighted by atomic mass is 9.83. The molecule has 1 aromatic carbocycles. The van der Waals surface area contributed by atoms with E-state index in [0.717, 1.165) is 36.7 Å². The van der Waals surface area contributed by atoms with Gasteiger partial charge in [0.05, 0.1) is 17.5 Å². The Hall–Kier alpha value is -2.56. The summed E-state index contributed by atoms with van der Waals surface area (Å²) in [5.74, 6) is -0.669. The van der Waals surface area contributed by atoms with Gasteiger partial charge in [0, 0.05) is 29.5 Å². The summed E-state index contributed by atoms with van der Waals surface area (Å²) in [5.41, 5.74) is 1.48. The Balaban J connectivity index is 1.85. The molecule has 3 rings (SSSR count). The van der Waals surface area contributed by atoms with Gasteiger partial charge in [0.15, 0.2) is 0 Å². The molecule has 2 aromatic rings. The van der Waals surface area contributed by atoms with Gasteiger partial charge in [-0.25, -0.2) is 0 Å². The van der Waals surface area contributed by atoms with Crippen LogP contribution in [0.25, 0.3) is 10.9 Å². The van der Waals surface area contributed by atoms with Crippen LogP contribution in [-0.4, -0.2) is 54.5 Å². The molecule has 1 aliphatic carbocycles. The zero-order chi connectivity index (χ0) is 21.7. The second kappa shape index (κ2) is 9.96. The standard InChI is InChI=1S/C22H28ClN5O2/c1-27(2)11-12-28-19-14-16(23)8-7-15(19)13-20(28)22(30)26-18-6-4-3-5-17(18)21(29)25-10-9-24/h7-8,13-14,17-18H,3-6,10-12H2,1-2H3,(H,25,29)(H,26,30)/t17-,18+/m1/s1. The minimum Gasteiger partial charge on any atom is -0.347 e. The number of fused-ring (bicyclic) bond motifs is 1. The second-order valence-corrected chi connectivity index (χ2v) is 8.47. The van der Waals surface area contributed by atoms with Crippen LogP contribution in [0.15, 0.2) is 24.3 Å². The summed E-state index contributed by atoms with van der Waals surface area (Å²) in [6.45, 7) is 1.41. The van der Waals surface area contributed by atoms with E-state index in [9.17, 15) is 9.59 Å². The van der Waals surface area contributed by atoms with Crippen LogP contribution in [0, 0.1) is 17.2 Å². The van der Waals surface area contributed by atoms with Gasteiger partial charge in [0.1, 0.15) is 12.2 Å². The Bertz CT molecular complexity index is 962. The molecule has 1 aliphatic rings. The molecular weight excluding hydrogens is 402 g/mol. The number of nitrogens with zero attached hydrogens (tertiary/aromatic N) is 3. The van der Waals surface area contributed by atoms with Crippen LogP contribution in [0.3, 0.4) is 0 Å². The summed E-state index contributed by atoms with van der Waals surface area (Å²) in [4.78, 5) is 27.8. The van der Waals surface area contributed by atoms with Gasteiger partial charge in [-0.2, -0.15) is 5.26 Å². The number of aromatic nitrogens is 1. The fourth-order valence-electron chi connectivity index (χ4n) is 4.07. The molecular formula is C22H28ClN5O2. The summed E-state index contributed by atoms with van der Waals surface area (Å²) < 4.78 is 1.99. The van der Waals surface area contributed by atoms with Crippen LogP contribution >= 0.6 is 11.6 Å². The normalized spacial score (nSPS) is 18.9. The quantitative estimate of drug-likeness (QED) is 0.662. The average molecular weight is 430 g/mol. The topological polar surface area (TPSA) is 90.2 Å². The van der Waals surface area contributed by atoms with Crippen molar-refractivity contribution >= 4 is 34.3 Å². The van der Waals surface area contributed by atoms with Crippen molar-refractivity contribution in [3.63, 3.8) is 0 Å². The number of carbonyl (C=O) groups is 2. The molecule has 2 amide bonds. The third-order valence-electron chi connectivity index (χ3n) is 5.63. The summed E-state index contributed by atoms with van der Waals surface area (Å²) in [7, 11) is 3.98. The van der Waals surface area contributed by atoms with Gasteiger partial charge in [-0.3, -0.25) is 9.59 Å². The van der Waals surface area contributed by atoms with Crippen molar-refractivity contribution in [2.24, 2.45) is 5.92 Å². The predicted octanol–water partition coefficient (Wildman–Crippen LogP) is 2.78. The molecule has 160 valence electrons. The highest BCUT2D eigenvalue weighted by molar-refractivity contribution is 6.31. The number of carbonyl (C=O) groups excluding carboxylic acids is 2. The summed E-state index contributed by atoms with van der Waals surface area (Å²) in [6, 6.07) is 9.18. The molecule has 1 fully saturated rings. The van der Waals surface area contributed by atoms with E-state index in [-0.39, 0.29) is 30.3 Å². The fraction of sp³-hybridized carbons (Fsp3) is 0.500. The molecule has 7 nitrogen and oxygen atoms in total. The van der Waals surface area contributed by atoms with E-state index in [1.165, 1.54) is 0 Å². The molecule has 0 radical (unpaired) electrons. The Labute approximate surface area is 182 Å². The van der Waals surface area contributed by atoms with Gasteiger partial charge < -0.3 is 20.1 Å². The van der Waals surface area contributed by atoms with Gasteiger partial charge in [0.2, 0.25) is 5.91 Å². The first-order valence-electron chi connectivity index (χ1n) is 10.3. The van der Waals surface area contributed by atoms with Crippen molar-refractivity contribution in [1.29, 1.82) is 5.26 Å². The highest BCUT2D eigenvalue weighted by Gasteiger charge is 2.32. The third-order valence-corrected chi connectivity index (χ3v) is 5.87. The SMILES string of the molecule is CN(C)CCn1c(C(=O)N[C@H]2CCCC[C@H]2C(=O)NCC#N)cc2ccc(Cl)cc21. The Kier molecular flexibility index (Phi) is 7.35. The van der Waals surface area contributed by atoms with Crippen LogP contribution in [0.4, 0.5) is 0 Å². The first-order chi connectivity index (χ1) is 14.4. The number of nitrogens with one attached hydrogen (secondary N) is 2. The summed E-state index contributed by atoms with van der Waals surface area (Å²) in [6.07, 6.45) is 3.37. The molecule has 1 heterocycles. The van der Waals surface area contributed by atoms with Gasteiger partial charge in [-0.1, -0.05) is 30.5 Å². The number of amides is 2. The Morgan fingerprint density at radius 2 is 2.03 bits per heavy atom. The van der Waals surface area contributed by atoms with Crippen molar-refractivity contribution in [3.05, 3.63) is 35.0 Å². The number of nitriles is 1. The van der Waals surface area contributed by atoms with Gasteiger partial charge >= 0.3 is 0 Å². The molecule has 1 saturated carbocycles. The minimum absolute atomic E-state index is 0.0183. The van der Waals surface area contributed by atoms with Crippen LogP contribution in [-0.2, 0) is 11.3 Å². The zero-order valence-corrected chi connectivity index (χ0v) is 18.2. The first-order valence-corrected chi connectivity index (χ1v) is 10.7. The number of rotatable bonds is 7. The average Bonchev–Trinajstić information content (AvgIpc) is 3.08. The lowest BCUT2D eigenvalue weighted by Gasteiger charge is -2.31. The smallest absolute Gasteiger partial charge is 0.268 e. The predicted molar refractivity (Wildman–Crippen MR) is 117 cm³/mol. The van der Waals surface area contributed by atoms with Crippen LogP contribution in [0.1, 0.15) is 36.2 Å². The monoisotopic (exact) mass is 429 g/mol. The van der Waals surface area contributed by atoms with E-state index in [0.29, 0.717) is 23.7 Å². The van der Waals surface area contributed by atoms with Gasteiger partial charge in [-0.15, -0.1) is 0 Å². The third kappa shape index (κ3) is 5.13. The van der Waals surface area contributed by atoms with Crippen LogP contribution < -0.4 is 10.6 Å². The van der Waals surface area contributed by atoms with E-state index < -0.39 is 0 Å². The lowest BCUT2D eigenvalue weighted by Crippen LogP contribution is -2.48. The van der Waals surface area contributed by atoms with Gasteiger partial charge in [-0.05, 0) is 45.1 Å². The van der Waals surface area contributed by atoms with Gasteiger partial charge in [0.25, 0.3) is 5.91 Å². The van der Waals surface area contributed by atoms with Crippen LogP contribution in [0.2, 0.25) is 5.02 Å². The van der Waals surface area contributed by atoms with Crippen LogP contribution in [0.5, 0.6) is 0 Å².